The molecule has 1 atom stereocenters. The van der Waals surface area contributed by atoms with Crippen molar-refractivity contribution in [1.29, 1.82) is 0 Å². The van der Waals surface area contributed by atoms with Gasteiger partial charge in [0.15, 0.2) is 0 Å². The molecule has 2 heterocycles. The number of nitrogens with one attached hydrogen (secondary N) is 1. The van der Waals surface area contributed by atoms with Gasteiger partial charge in [-0.05, 0) is 66.8 Å². The second-order valence-electron chi connectivity index (χ2n) is 8.23. The Kier molecular flexibility index (Phi) is 6.88. The van der Waals surface area contributed by atoms with E-state index < -0.39 is 11.8 Å². The first-order chi connectivity index (χ1) is 16.1. The molecule has 33 heavy (non-hydrogen) atoms. The molecule has 0 aliphatic carbocycles. The van der Waals surface area contributed by atoms with Crippen LogP contribution in [0.5, 0.6) is 0 Å². The fourth-order valence-corrected chi connectivity index (χ4v) is 4.28. The Morgan fingerprint density at radius 2 is 1.73 bits per heavy atom. The third-order valence-corrected chi connectivity index (χ3v) is 5.95. The lowest BCUT2D eigenvalue weighted by Crippen LogP contribution is -2.29. The van der Waals surface area contributed by atoms with Crippen LogP contribution in [0, 0.1) is 4.91 Å². The smallest absolute Gasteiger partial charge is 0.259 e. The molecule has 1 saturated heterocycles. The van der Waals surface area contributed by atoms with Gasteiger partial charge in [-0.15, -0.1) is 4.91 Å². The van der Waals surface area contributed by atoms with E-state index in [2.05, 4.69) is 20.4 Å². The summed E-state index contributed by atoms with van der Waals surface area (Å²) in [6, 6.07) is 18.1. The van der Waals surface area contributed by atoms with Crippen LogP contribution >= 0.6 is 0 Å². The number of amides is 1. The molecule has 0 spiro atoms. The van der Waals surface area contributed by atoms with Crippen LogP contribution in [0.1, 0.15) is 53.6 Å². The van der Waals surface area contributed by atoms with Crippen LogP contribution in [0.15, 0.2) is 72.0 Å². The van der Waals surface area contributed by atoms with Gasteiger partial charge in [-0.3, -0.25) is 9.59 Å². The summed E-state index contributed by atoms with van der Waals surface area (Å²) in [4.78, 5) is 43.1. The molecule has 4 rings (SSSR count). The Morgan fingerprint density at radius 1 is 0.970 bits per heavy atom. The number of hydrogen-bond acceptors (Lipinski definition) is 6. The summed E-state index contributed by atoms with van der Waals surface area (Å²) in [5.74, 6) is -0.527. The summed E-state index contributed by atoms with van der Waals surface area (Å²) >= 11 is 0. The molecule has 2 aromatic carbocycles. The van der Waals surface area contributed by atoms with Gasteiger partial charge in [0.05, 0.1) is 11.5 Å². The van der Waals surface area contributed by atoms with E-state index in [4.69, 9.17) is 0 Å². The molecule has 7 heteroatoms. The molecular weight excluding hydrogens is 416 g/mol. The van der Waals surface area contributed by atoms with Crippen LogP contribution in [0.25, 0.3) is 0 Å². The quantitative estimate of drug-likeness (QED) is 0.492. The molecule has 1 aliphatic rings. The monoisotopic (exact) mass is 442 g/mol. The van der Waals surface area contributed by atoms with E-state index in [9.17, 15) is 14.5 Å². The maximum atomic E-state index is 13.0. The number of Topliss-reactive ketones (excluding diaryl/α,β-unsaturated/α-hetero) is 1. The normalized spacial score (nSPS) is 14.4. The largest absolute Gasteiger partial charge is 0.372 e. The highest BCUT2D eigenvalue weighted by molar-refractivity contribution is 6.07. The van der Waals surface area contributed by atoms with Gasteiger partial charge in [0.1, 0.15) is 17.3 Å². The fourth-order valence-electron chi connectivity index (χ4n) is 4.28. The Morgan fingerprint density at radius 3 is 2.36 bits per heavy atom. The lowest BCUT2D eigenvalue weighted by atomic mass is 9.89. The Hall–Kier alpha value is -3.87. The van der Waals surface area contributed by atoms with Crippen molar-refractivity contribution < 1.29 is 9.59 Å². The number of anilines is 2. The zero-order chi connectivity index (χ0) is 23.2. The number of hydrogen-bond donors (Lipinski definition) is 1. The Balaban J connectivity index is 1.54. The summed E-state index contributed by atoms with van der Waals surface area (Å²) in [6.07, 6.45) is 5.01. The van der Waals surface area contributed by atoms with Gasteiger partial charge in [-0.25, -0.2) is 4.98 Å². The molecule has 1 aliphatic heterocycles. The van der Waals surface area contributed by atoms with Crippen molar-refractivity contribution in [3.8, 4) is 0 Å². The van der Waals surface area contributed by atoms with Gasteiger partial charge in [0, 0.05) is 25.0 Å². The van der Waals surface area contributed by atoms with Gasteiger partial charge in [-0.2, -0.15) is 0 Å². The van der Waals surface area contributed by atoms with Crippen LogP contribution in [0.4, 0.5) is 17.2 Å². The van der Waals surface area contributed by atoms with Gasteiger partial charge < -0.3 is 10.2 Å². The van der Waals surface area contributed by atoms with Gasteiger partial charge >= 0.3 is 0 Å². The van der Waals surface area contributed by atoms with Gasteiger partial charge in [0.25, 0.3) is 5.91 Å². The number of rotatable bonds is 7. The lowest BCUT2D eigenvalue weighted by Gasteiger charge is -2.29. The predicted molar refractivity (Wildman–Crippen MR) is 129 cm³/mol. The highest BCUT2D eigenvalue weighted by Gasteiger charge is 2.21. The number of piperidine rings is 1. The second kappa shape index (κ2) is 10.2. The topological polar surface area (TPSA) is 91.7 Å². The number of benzene rings is 2. The first kappa shape index (κ1) is 22.3. The molecule has 1 unspecified atom stereocenters. The Bertz CT molecular complexity index is 1140. The number of carbonyl (C=O) groups is 2. The summed E-state index contributed by atoms with van der Waals surface area (Å²) in [7, 11) is 0. The van der Waals surface area contributed by atoms with Crippen molar-refractivity contribution in [1.82, 2.24) is 4.98 Å². The van der Waals surface area contributed by atoms with Crippen molar-refractivity contribution in [2.75, 3.05) is 23.3 Å². The molecular formula is C26H26N4O3. The number of carbonyl (C=O) groups excluding carboxylic acids is 2. The van der Waals surface area contributed by atoms with Crippen molar-refractivity contribution in [2.45, 2.75) is 32.1 Å². The van der Waals surface area contributed by atoms with E-state index in [1.807, 2.05) is 36.4 Å². The summed E-state index contributed by atoms with van der Waals surface area (Å²) in [6.45, 7) is 3.41. The molecule has 3 aromatic rings. The van der Waals surface area contributed by atoms with Crippen LogP contribution in [0.3, 0.4) is 0 Å². The zero-order valence-electron chi connectivity index (χ0n) is 18.5. The van der Waals surface area contributed by atoms with Crippen molar-refractivity contribution in [3.63, 3.8) is 0 Å². The summed E-state index contributed by atoms with van der Waals surface area (Å²) in [5, 5.41) is 5.77. The average molecular weight is 443 g/mol. The van der Waals surface area contributed by atoms with E-state index in [1.165, 1.54) is 6.42 Å². The minimum Gasteiger partial charge on any atom is -0.372 e. The molecule has 1 amide bonds. The van der Waals surface area contributed by atoms with Crippen molar-refractivity contribution in [3.05, 3.63) is 88.5 Å². The SMILES string of the molecule is CC(=O)C(c1ccccc1)c1ccc(NC(=O)c2cc(N3CCCCC3)ccc2N=O)nc1. The molecule has 1 N–H and O–H groups in total. The van der Waals surface area contributed by atoms with Gasteiger partial charge in [-0.1, -0.05) is 36.4 Å². The van der Waals surface area contributed by atoms with Crippen LogP contribution < -0.4 is 10.2 Å². The number of pyridine rings is 1. The van der Waals surface area contributed by atoms with E-state index >= 15 is 0 Å². The molecule has 0 bridgehead atoms. The van der Waals surface area contributed by atoms with E-state index in [-0.39, 0.29) is 17.0 Å². The second-order valence-corrected chi connectivity index (χ2v) is 8.23. The minimum atomic E-state index is -0.449. The summed E-state index contributed by atoms with van der Waals surface area (Å²) in [5.41, 5.74) is 2.84. The van der Waals surface area contributed by atoms with Crippen LogP contribution in [0.2, 0.25) is 0 Å². The number of ketones is 1. The number of nitroso groups, excluding NO2 is 1. The van der Waals surface area contributed by atoms with Crippen LogP contribution in [-0.2, 0) is 4.79 Å². The third-order valence-electron chi connectivity index (χ3n) is 5.95. The van der Waals surface area contributed by atoms with E-state index in [0.29, 0.717) is 5.82 Å². The van der Waals surface area contributed by atoms with Crippen molar-refractivity contribution in [2.24, 2.45) is 5.18 Å². The van der Waals surface area contributed by atoms with E-state index in [0.717, 1.165) is 42.7 Å². The molecule has 1 fully saturated rings. The zero-order valence-corrected chi connectivity index (χ0v) is 18.5. The third kappa shape index (κ3) is 5.14. The lowest BCUT2D eigenvalue weighted by molar-refractivity contribution is -0.117. The minimum absolute atomic E-state index is 0.0102. The molecule has 7 nitrogen and oxygen atoms in total. The van der Waals surface area contributed by atoms with Crippen molar-refractivity contribution >= 4 is 28.9 Å². The number of nitrogens with zero attached hydrogens (tertiary/aromatic N) is 3. The molecule has 0 saturated carbocycles. The predicted octanol–water partition coefficient (Wildman–Crippen LogP) is 5.44. The van der Waals surface area contributed by atoms with Gasteiger partial charge in [0.2, 0.25) is 0 Å². The fraction of sp³-hybridized carbons (Fsp3) is 0.269. The standard InChI is InChI=1S/C26H26N4O3/c1-18(31)25(19-8-4-2-5-9-19)20-10-13-24(27-17-20)28-26(32)22-16-21(11-12-23(22)29-33)30-14-6-3-7-15-30/h2,4-5,8-13,16-17,25H,3,6-7,14-15H2,1H3,(H,27,28,32). The average Bonchev–Trinajstić information content (AvgIpc) is 2.86. The van der Waals surface area contributed by atoms with E-state index in [1.54, 1.807) is 37.4 Å². The highest BCUT2D eigenvalue weighted by Crippen LogP contribution is 2.29. The first-order valence-electron chi connectivity index (χ1n) is 11.1. The maximum Gasteiger partial charge on any atom is 0.259 e. The molecule has 168 valence electrons. The molecule has 0 radical (unpaired) electrons. The molecule has 1 aromatic heterocycles. The number of aromatic nitrogens is 1. The highest BCUT2D eigenvalue weighted by atomic mass is 16.3. The van der Waals surface area contributed by atoms with Crippen LogP contribution in [-0.4, -0.2) is 29.8 Å². The first-order valence-corrected chi connectivity index (χ1v) is 11.1. The summed E-state index contributed by atoms with van der Waals surface area (Å²) < 4.78 is 0. The maximum absolute atomic E-state index is 13.0. The Labute approximate surface area is 192 Å².